The number of nitrogens with zero attached hydrogens (tertiary/aromatic N) is 1. The number of alkyl halides is 3. The van der Waals surface area contributed by atoms with Crippen molar-refractivity contribution in [1.29, 1.82) is 0 Å². The molecule has 0 fully saturated rings. The van der Waals surface area contributed by atoms with Gasteiger partial charge in [0, 0.05) is 30.5 Å². The molecule has 0 saturated carbocycles. The van der Waals surface area contributed by atoms with Crippen molar-refractivity contribution >= 4 is 29.4 Å². The highest BCUT2D eigenvalue weighted by atomic mass is 19.4. The second-order valence-corrected chi connectivity index (χ2v) is 7.38. The van der Waals surface area contributed by atoms with Gasteiger partial charge in [-0.2, -0.15) is 13.2 Å². The van der Waals surface area contributed by atoms with Crippen molar-refractivity contribution < 1.29 is 22.8 Å². The maximum Gasteiger partial charge on any atom is 0.416 e. The molecule has 0 bridgehead atoms. The van der Waals surface area contributed by atoms with E-state index in [9.17, 15) is 22.8 Å². The Labute approximate surface area is 195 Å². The second kappa shape index (κ2) is 11.7. The van der Waals surface area contributed by atoms with Crippen LogP contribution in [0.1, 0.15) is 17.5 Å². The van der Waals surface area contributed by atoms with E-state index in [-0.39, 0.29) is 18.1 Å². The van der Waals surface area contributed by atoms with Gasteiger partial charge in [-0.15, -0.1) is 0 Å². The molecule has 0 unspecified atom stereocenters. The molecule has 5 nitrogen and oxygen atoms in total. The molecule has 0 radical (unpaired) electrons. The number of halogens is 3. The van der Waals surface area contributed by atoms with E-state index in [1.807, 2.05) is 30.3 Å². The quantitative estimate of drug-likeness (QED) is 0.317. The van der Waals surface area contributed by atoms with Crippen LogP contribution in [-0.2, 0) is 11.0 Å². The molecular weight excluding hydrogens is 443 g/mol. The Morgan fingerprint density at radius 2 is 1.56 bits per heavy atom. The largest absolute Gasteiger partial charge is 0.416 e. The van der Waals surface area contributed by atoms with Crippen LogP contribution in [0, 0.1) is 0 Å². The predicted molar refractivity (Wildman–Crippen MR) is 127 cm³/mol. The third-order valence-electron chi connectivity index (χ3n) is 4.84. The average Bonchev–Trinajstić information content (AvgIpc) is 2.83. The average molecular weight is 467 g/mol. The molecule has 176 valence electrons. The van der Waals surface area contributed by atoms with E-state index in [1.165, 1.54) is 23.1 Å². The Kier molecular flexibility index (Phi) is 8.45. The van der Waals surface area contributed by atoms with Crippen molar-refractivity contribution in [2.75, 3.05) is 23.3 Å². The van der Waals surface area contributed by atoms with E-state index >= 15 is 0 Å². The summed E-state index contributed by atoms with van der Waals surface area (Å²) in [6.07, 6.45) is -0.929. The minimum absolute atomic E-state index is 0.0418. The van der Waals surface area contributed by atoms with Crippen LogP contribution in [0.25, 0.3) is 6.08 Å². The van der Waals surface area contributed by atoms with Gasteiger partial charge in [-0.3, -0.25) is 9.69 Å². The summed E-state index contributed by atoms with van der Waals surface area (Å²) in [7, 11) is 0. The molecule has 3 aromatic rings. The Morgan fingerprint density at radius 1 is 0.882 bits per heavy atom. The lowest BCUT2D eigenvalue weighted by molar-refractivity contribution is -0.137. The first kappa shape index (κ1) is 24.6. The first-order chi connectivity index (χ1) is 16.3. The smallest absolute Gasteiger partial charge is 0.352 e. The number of carbonyl (C=O) groups is 2. The number of rotatable bonds is 8. The maximum absolute atomic E-state index is 13.0. The number of para-hydroxylation sites is 1. The monoisotopic (exact) mass is 467 g/mol. The molecule has 2 N–H and O–H groups in total. The molecule has 0 aromatic heterocycles. The van der Waals surface area contributed by atoms with Gasteiger partial charge in [0.05, 0.1) is 5.56 Å². The molecule has 0 saturated heterocycles. The first-order valence-electron chi connectivity index (χ1n) is 10.6. The summed E-state index contributed by atoms with van der Waals surface area (Å²) in [6, 6.07) is 22.1. The van der Waals surface area contributed by atoms with Gasteiger partial charge in [0.1, 0.15) is 0 Å². The minimum Gasteiger partial charge on any atom is -0.352 e. The normalized spacial score (nSPS) is 11.3. The summed E-state index contributed by atoms with van der Waals surface area (Å²) in [5.74, 6) is -0.261. The standard InChI is InChI=1S/C26H24F3N3O2/c27-26(28,29)21-11-7-12-22(19-21)31-25(34)32(23-13-5-2-6-14-23)18-8-17-30-24(33)16-15-20-9-3-1-4-10-20/h1-7,9-16,19H,8,17-18H2,(H,30,33)(H,31,34)/b16-15+. The summed E-state index contributed by atoms with van der Waals surface area (Å²) in [6.45, 7) is 0.565. The molecule has 0 spiro atoms. The Hall–Kier alpha value is -4.07. The second-order valence-electron chi connectivity index (χ2n) is 7.38. The number of hydrogen-bond donors (Lipinski definition) is 2. The van der Waals surface area contributed by atoms with E-state index in [0.717, 1.165) is 17.7 Å². The fourth-order valence-corrected chi connectivity index (χ4v) is 3.16. The van der Waals surface area contributed by atoms with Crippen molar-refractivity contribution in [3.63, 3.8) is 0 Å². The van der Waals surface area contributed by atoms with E-state index in [0.29, 0.717) is 18.7 Å². The third-order valence-corrected chi connectivity index (χ3v) is 4.84. The summed E-state index contributed by atoms with van der Waals surface area (Å²) >= 11 is 0. The van der Waals surface area contributed by atoms with Gasteiger partial charge in [0.15, 0.2) is 0 Å². The fraction of sp³-hybridized carbons (Fsp3) is 0.154. The Morgan fingerprint density at radius 3 is 2.24 bits per heavy atom. The van der Waals surface area contributed by atoms with Crippen LogP contribution in [0.4, 0.5) is 29.3 Å². The van der Waals surface area contributed by atoms with Crippen LogP contribution in [0.15, 0.2) is 91.0 Å². The zero-order valence-corrected chi connectivity index (χ0v) is 18.3. The van der Waals surface area contributed by atoms with E-state index in [2.05, 4.69) is 10.6 Å². The van der Waals surface area contributed by atoms with Crippen molar-refractivity contribution in [3.05, 3.63) is 102 Å². The van der Waals surface area contributed by atoms with Gasteiger partial charge in [-0.25, -0.2) is 4.79 Å². The van der Waals surface area contributed by atoms with Crippen molar-refractivity contribution in [2.45, 2.75) is 12.6 Å². The van der Waals surface area contributed by atoms with E-state index < -0.39 is 17.8 Å². The highest BCUT2D eigenvalue weighted by Gasteiger charge is 2.30. The van der Waals surface area contributed by atoms with Crippen LogP contribution >= 0.6 is 0 Å². The summed E-state index contributed by atoms with van der Waals surface area (Å²) < 4.78 is 39.0. The molecule has 0 aliphatic carbocycles. The zero-order chi connectivity index (χ0) is 24.4. The van der Waals surface area contributed by atoms with Crippen LogP contribution in [-0.4, -0.2) is 25.0 Å². The summed E-state index contributed by atoms with van der Waals surface area (Å²) in [5, 5.41) is 5.29. The minimum atomic E-state index is -4.51. The van der Waals surface area contributed by atoms with Crippen molar-refractivity contribution in [1.82, 2.24) is 5.32 Å². The van der Waals surface area contributed by atoms with Crippen LogP contribution in [0.3, 0.4) is 0 Å². The number of hydrogen-bond acceptors (Lipinski definition) is 2. The number of anilines is 2. The van der Waals surface area contributed by atoms with Gasteiger partial charge in [-0.05, 0) is 48.4 Å². The van der Waals surface area contributed by atoms with Gasteiger partial charge in [0.2, 0.25) is 5.91 Å². The Balaban J connectivity index is 1.59. The molecule has 0 atom stereocenters. The van der Waals surface area contributed by atoms with Crippen molar-refractivity contribution in [3.8, 4) is 0 Å². The van der Waals surface area contributed by atoms with Crippen LogP contribution in [0.5, 0.6) is 0 Å². The molecule has 3 rings (SSSR count). The third kappa shape index (κ3) is 7.51. The number of carbonyl (C=O) groups excluding carboxylic acids is 2. The fourth-order valence-electron chi connectivity index (χ4n) is 3.16. The van der Waals surface area contributed by atoms with Crippen molar-refractivity contribution in [2.24, 2.45) is 0 Å². The zero-order valence-electron chi connectivity index (χ0n) is 18.3. The summed E-state index contributed by atoms with van der Waals surface area (Å²) in [5.41, 5.74) is 0.685. The number of amides is 3. The molecule has 0 heterocycles. The first-order valence-corrected chi connectivity index (χ1v) is 10.6. The van der Waals surface area contributed by atoms with Gasteiger partial charge in [-0.1, -0.05) is 54.6 Å². The van der Waals surface area contributed by atoms with E-state index in [4.69, 9.17) is 0 Å². The number of urea groups is 1. The van der Waals surface area contributed by atoms with Crippen LogP contribution in [0.2, 0.25) is 0 Å². The van der Waals surface area contributed by atoms with E-state index in [1.54, 1.807) is 36.4 Å². The topological polar surface area (TPSA) is 61.4 Å². The molecular formula is C26H24F3N3O2. The predicted octanol–water partition coefficient (Wildman–Crippen LogP) is 5.96. The molecule has 34 heavy (non-hydrogen) atoms. The molecule has 0 aliphatic heterocycles. The molecule has 3 amide bonds. The molecule has 3 aromatic carbocycles. The number of nitrogens with one attached hydrogen (secondary N) is 2. The highest BCUT2D eigenvalue weighted by molar-refractivity contribution is 6.01. The lowest BCUT2D eigenvalue weighted by atomic mass is 10.2. The lowest BCUT2D eigenvalue weighted by Crippen LogP contribution is -2.37. The Bertz CT molecular complexity index is 1120. The van der Waals surface area contributed by atoms with Gasteiger partial charge in [0.25, 0.3) is 0 Å². The summed E-state index contributed by atoms with van der Waals surface area (Å²) in [4.78, 5) is 26.4. The highest BCUT2D eigenvalue weighted by Crippen LogP contribution is 2.30. The van der Waals surface area contributed by atoms with Gasteiger partial charge >= 0.3 is 12.2 Å². The maximum atomic E-state index is 13.0. The molecule has 0 aliphatic rings. The molecule has 8 heteroatoms. The van der Waals surface area contributed by atoms with Gasteiger partial charge < -0.3 is 10.6 Å². The lowest BCUT2D eigenvalue weighted by Gasteiger charge is -2.23. The van der Waals surface area contributed by atoms with Crippen LogP contribution < -0.4 is 15.5 Å². The number of benzene rings is 3. The SMILES string of the molecule is O=C(/C=C/c1ccccc1)NCCCN(C(=O)Nc1cccc(C(F)(F)F)c1)c1ccccc1.